The maximum atomic E-state index is 6.21. The molecular weight excluding hydrogens is 276 g/mol. The lowest BCUT2D eigenvalue weighted by molar-refractivity contribution is 0.395. The van der Waals surface area contributed by atoms with E-state index < -0.39 is 0 Å². The van der Waals surface area contributed by atoms with Crippen molar-refractivity contribution in [1.82, 2.24) is 9.97 Å². The van der Waals surface area contributed by atoms with Crippen LogP contribution in [0, 0.1) is 0 Å². The summed E-state index contributed by atoms with van der Waals surface area (Å²) >= 11 is 6.21. The van der Waals surface area contributed by atoms with E-state index in [0.717, 1.165) is 22.6 Å². The zero-order valence-electron chi connectivity index (χ0n) is 12.0. The maximum Gasteiger partial charge on any atom is 0.136 e. The van der Waals surface area contributed by atoms with Gasteiger partial charge in [0.1, 0.15) is 23.0 Å². The highest BCUT2D eigenvalue weighted by Gasteiger charge is 2.18. The van der Waals surface area contributed by atoms with Gasteiger partial charge in [-0.3, -0.25) is 0 Å². The highest BCUT2D eigenvalue weighted by Crippen LogP contribution is 2.37. The fraction of sp³-hybridized carbons (Fsp3) is 0.333. The van der Waals surface area contributed by atoms with Crippen LogP contribution in [0.3, 0.4) is 0 Å². The van der Waals surface area contributed by atoms with Crippen LogP contribution in [0.5, 0.6) is 11.5 Å². The summed E-state index contributed by atoms with van der Waals surface area (Å²) in [5.74, 6) is 1.64. The second kappa shape index (κ2) is 6.09. The molecule has 106 valence electrons. The number of aromatic nitrogens is 2. The van der Waals surface area contributed by atoms with Gasteiger partial charge in [-0.15, -0.1) is 0 Å². The van der Waals surface area contributed by atoms with Crippen molar-refractivity contribution in [2.75, 3.05) is 14.2 Å². The van der Waals surface area contributed by atoms with Crippen molar-refractivity contribution in [2.24, 2.45) is 0 Å². The van der Waals surface area contributed by atoms with E-state index in [1.807, 2.05) is 18.2 Å². The van der Waals surface area contributed by atoms with Gasteiger partial charge in [0, 0.05) is 17.2 Å². The summed E-state index contributed by atoms with van der Waals surface area (Å²) in [4.78, 5) is 8.44. The van der Waals surface area contributed by atoms with Gasteiger partial charge in [0.05, 0.1) is 19.9 Å². The lowest BCUT2D eigenvalue weighted by Gasteiger charge is -2.15. The number of nitrogens with zero attached hydrogens (tertiary/aromatic N) is 2. The molecule has 2 rings (SSSR count). The van der Waals surface area contributed by atoms with Gasteiger partial charge in [-0.2, -0.15) is 0 Å². The molecule has 0 atom stereocenters. The van der Waals surface area contributed by atoms with Crippen LogP contribution in [0.1, 0.15) is 25.3 Å². The molecule has 20 heavy (non-hydrogen) atoms. The molecule has 5 heteroatoms. The van der Waals surface area contributed by atoms with Crippen LogP contribution in [-0.4, -0.2) is 24.2 Å². The van der Waals surface area contributed by atoms with E-state index in [2.05, 4.69) is 23.8 Å². The summed E-state index contributed by atoms with van der Waals surface area (Å²) in [7, 11) is 3.24. The van der Waals surface area contributed by atoms with Crippen LogP contribution in [0.4, 0.5) is 0 Å². The third-order valence-corrected chi connectivity index (χ3v) is 3.38. The molecule has 0 aliphatic carbocycles. The summed E-state index contributed by atoms with van der Waals surface area (Å²) < 4.78 is 10.6. The fourth-order valence-corrected chi connectivity index (χ4v) is 2.45. The van der Waals surface area contributed by atoms with Crippen molar-refractivity contribution in [3.05, 3.63) is 35.2 Å². The van der Waals surface area contributed by atoms with Gasteiger partial charge >= 0.3 is 0 Å². The van der Waals surface area contributed by atoms with E-state index in [1.165, 1.54) is 6.33 Å². The summed E-state index contributed by atoms with van der Waals surface area (Å²) in [6, 6.07) is 5.62. The van der Waals surface area contributed by atoms with E-state index in [4.69, 9.17) is 21.1 Å². The van der Waals surface area contributed by atoms with E-state index >= 15 is 0 Å². The van der Waals surface area contributed by atoms with Crippen LogP contribution in [0.15, 0.2) is 24.5 Å². The van der Waals surface area contributed by atoms with Gasteiger partial charge in [0.15, 0.2) is 0 Å². The molecule has 4 nitrogen and oxygen atoms in total. The van der Waals surface area contributed by atoms with E-state index in [0.29, 0.717) is 10.9 Å². The Morgan fingerprint density at radius 1 is 1.10 bits per heavy atom. The second-order valence-electron chi connectivity index (χ2n) is 4.65. The molecule has 0 aliphatic heterocycles. The Labute approximate surface area is 123 Å². The number of halogens is 1. The highest BCUT2D eigenvalue weighted by atomic mass is 35.5. The van der Waals surface area contributed by atoms with Crippen LogP contribution in [0.2, 0.25) is 5.15 Å². The summed E-state index contributed by atoms with van der Waals surface area (Å²) in [6.07, 6.45) is 1.47. The van der Waals surface area contributed by atoms with Crippen molar-refractivity contribution in [3.63, 3.8) is 0 Å². The van der Waals surface area contributed by atoms with Gasteiger partial charge < -0.3 is 9.47 Å². The number of hydrogen-bond donors (Lipinski definition) is 0. The molecule has 1 heterocycles. The molecule has 0 saturated carbocycles. The predicted molar refractivity (Wildman–Crippen MR) is 79.7 cm³/mol. The van der Waals surface area contributed by atoms with Gasteiger partial charge in [0.25, 0.3) is 0 Å². The first-order valence-electron chi connectivity index (χ1n) is 6.31. The van der Waals surface area contributed by atoms with E-state index in [9.17, 15) is 0 Å². The molecule has 0 bridgehead atoms. The van der Waals surface area contributed by atoms with Crippen LogP contribution < -0.4 is 9.47 Å². The summed E-state index contributed by atoms with van der Waals surface area (Å²) in [6.45, 7) is 4.12. The Morgan fingerprint density at radius 3 is 2.45 bits per heavy atom. The van der Waals surface area contributed by atoms with Crippen molar-refractivity contribution in [1.29, 1.82) is 0 Å². The number of rotatable bonds is 4. The summed E-state index contributed by atoms with van der Waals surface area (Å²) in [5, 5.41) is 0.475. The standard InChI is InChI=1S/C15H17ClN2O2/c1-9(2)13-14(17-8-18-15(13)16)11-6-5-10(19-3)7-12(11)20-4/h5-9H,1-4H3. The minimum Gasteiger partial charge on any atom is -0.497 e. The summed E-state index contributed by atoms with van der Waals surface area (Å²) in [5.41, 5.74) is 2.58. The first kappa shape index (κ1) is 14.6. The smallest absolute Gasteiger partial charge is 0.136 e. The zero-order chi connectivity index (χ0) is 14.7. The molecule has 2 aromatic rings. The molecule has 0 fully saturated rings. The topological polar surface area (TPSA) is 44.2 Å². The molecule has 0 aliphatic rings. The normalized spacial score (nSPS) is 10.7. The number of ether oxygens (including phenoxy) is 2. The zero-order valence-corrected chi connectivity index (χ0v) is 12.7. The first-order chi connectivity index (χ1) is 9.58. The highest BCUT2D eigenvalue weighted by molar-refractivity contribution is 6.30. The number of hydrogen-bond acceptors (Lipinski definition) is 4. The molecule has 1 aromatic heterocycles. The molecule has 1 aromatic carbocycles. The molecular formula is C15H17ClN2O2. The third kappa shape index (κ3) is 2.70. The minimum atomic E-state index is 0.213. The van der Waals surface area contributed by atoms with Crippen molar-refractivity contribution >= 4 is 11.6 Å². The Hall–Kier alpha value is -1.81. The fourth-order valence-electron chi connectivity index (χ4n) is 2.09. The van der Waals surface area contributed by atoms with E-state index in [-0.39, 0.29) is 5.92 Å². The Bertz CT molecular complexity index is 615. The second-order valence-corrected chi connectivity index (χ2v) is 5.01. The average molecular weight is 293 g/mol. The van der Waals surface area contributed by atoms with Crippen molar-refractivity contribution in [3.8, 4) is 22.8 Å². The lowest BCUT2D eigenvalue weighted by Crippen LogP contribution is -2.00. The number of benzene rings is 1. The lowest BCUT2D eigenvalue weighted by atomic mass is 9.98. The van der Waals surface area contributed by atoms with Crippen LogP contribution >= 0.6 is 11.6 Å². The van der Waals surface area contributed by atoms with Crippen LogP contribution in [0.25, 0.3) is 11.3 Å². The molecule has 0 unspecified atom stereocenters. The average Bonchev–Trinajstić information content (AvgIpc) is 2.45. The third-order valence-electron chi connectivity index (χ3n) is 3.08. The molecule has 0 saturated heterocycles. The maximum absolute atomic E-state index is 6.21. The molecule has 0 radical (unpaired) electrons. The van der Waals surface area contributed by atoms with Gasteiger partial charge in [0.2, 0.25) is 0 Å². The quantitative estimate of drug-likeness (QED) is 0.801. The number of methoxy groups -OCH3 is 2. The van der Waals surface area contributed by atoms with Crippen LogP contribution in [-0.2, 0) is 0 Å². The molecule has 0 N–H and O–H groups in total. The van der Waals surface area contributed by atoms with E-state index in [1.54, 1.807) is 14.2 Å². The van der Waals surface area contributed by atoms with Gasteiger partial charge in [-0.05, 0) is 18.1 Å². The monoisotopic (exact) mass is 292 g/mol. The largest absolute Gasteiger partial charge is 0.497 e. The predicted octanol–water partition coefficient (Wildman–Crippen LogP) is 3.94. The Morgan fingerprint density at radius 2 is 1.85 bits per heavy atom. The first-order valence-corrected chi connectivity index (χ1v) is 6.69. The Balaban J connectivity index is 2.65. The van der Waals surface area contributed by atoms with Crippen molar-refractivity contribution < 1.29 is 9.47 Å². The minimum absolute atomic E-state index is 0.213. The Kier molecular flexibility index (Phi) is 4.45. The van der Waals surface area contributed by atoms with Gasteiger partial charge in [-0.1, -0.05) is 25.4 Å². The van der Waals surface area contributed by atoms with Crippen molar-refractivity contribution in [2.45, 2.75) is 19.8 Å². The SMILES string of the molecule is COc1ccc(-c2ncnc(Cl)c2C(C)C)c(OC)c1. The molecule has 0 spiro atoms. The van der Waals surface area contributed by atoms with Gasteiger partial charge in [-0.25, -0.2) is 9.97 Å². The molecule has 0 amide bonds.